The Hall–Kier alpha value is -3.87. The second kappa shape index (κ2) is 8.43. The van der Waals surface area contributed by atoms with Gasteiger partial charge in [0.2, 0.25) is 0 Å². The van der Waals surface area contributed by atoms with Gasteiger partial charge in [-0.3, -0.25) is 14.9 Å². The number of anilines is 1. The van der Waals surface area contributed by atoms with Gasteiger partial charge in [-0.15, -0.1) is 0 Å². The van der Waals surface area contributed by atoms with Gasteiger partial charge in [-0.25, -0.2) is 9.69 Å². The maximum atomic E-state index is 13.0. The molecule has 0 unspecified atom stereocenters. The van der Waals surface area contributed by atoms with E-state index < -0.39 is 17.8 Å². The van der Waals surface area contributed by atoms with Crippen LogP contribution in [0.25, 0.3) is 6.08 Å². The van der Waals surface area contributed by atoms with Gasteiger partial charge < -0.3 is 9.47 Å². The van der Waals surface area contributed by atoms with Crippen LogP contribution in [0.15, 0.2) is 60.7 Å². The lowest BCUT2D eigenvalue weighted by Gasteiger charge is -2.27. The zero-order valence-corrected chi connectivity index (χ0v) is 16.1. The molecule has 29 heavy (non-hydrogen) atoms. The Bertz CT molecular complexity index is 1030. The van der Waals surface area contributed by atoms with E-state index in [1.165, 1.54) is 13.2 Å². The zero-order valence-electron chi connectivity index (χ0n) is 16.1. The van der Waals surface area contributed by atoms with Crippen LogP contribution in [0.4, 0.5) is 10.5 Å². The Morgan fingerprint density at radius 1 is 1.14 bits per heavy atom. The summed E-state index contributed by atoms with van der Waals surface area (Å²) in [6.45, 7) is 5.63. The number of imide groups is 2. The summed E-state index contributed by atoms with van der Waals surface area (Å²) >= 11 is 0. The van der Waals surface area contributed by atoms with E-state index in [2.05, 4.69) is 11.9 Å². The minimum atomic E-state index is -0.788. The van der Waals surface area contributed by atoms with E-state index in [1.54, 1.807) is 55.5 Å². The van der Waals surface area contributed by atoms with Crippen molar-refractivity contribution in [2.75, 3.05) is 18.6 Å². The minimum Gasteiger partial charge on any atom is -0.497 e. The molecular weight excluding hydrogens is 372 g/mol. The van der Waals surface area contributed by atoms with E-state index in [1.807, 2.05) is 0 Å². The Morgan fingerprint density at radius 3 is 2.59 bits per heavy atom. The van der Waals surface area contributed by atoms with Crippen LogP contribution >= 0.6 is 0 Å². The molecule has 7 nitrogen and oxygen atoms in total. The monoisotopic (exact) mass is 392 g/mol. The van der Waals surface area contributed by atoms with Gasteiger partial charge in [0.25, 0.3) is 11.8 Å². The van der Waals surface area contributed by atoms with Crippen LogP contribution in [-0.4, -0.2) is 31.6 Å². The molecule has 148 valence electrons. The summed E-state index contributed by atoms with van der Waals surface area (Å²) < 4.78 is 10.8. The third kappa shape index (κ3) is 4.03. The van der Waals surface area contributed by atoms with Crippen LogP contribution < -0.4 is 19.7 Å². The summed E-state index contributed by atoms with van der Waals surface area (Å²) in [6, 6.07) is 11.1. The van der Waals surface area contributed by atoms with Crippen molar-refractivity contribution in [3.05, 3.63) is 71.8 Å². The number of aryl methyl sites for hydroxylation is 1. The van der Waals surface area contributed by atoms with Gasteiger partial charge in [0, 0.05) is 11.6 Å². The summed E-state index contributed by atoms with van der Waals surface area (Å²) in [4.78, 5) is 38.8. The highest BCUT2D eigenvalue weighted by atomic mass is 16.5. The number of ether oxygens (including phenoxy) is 2. The molecule has 1 saturated heterocycles. The molecule has 0 aliphatic carbocycles. The fourth-order valence-electron chi connectivity index (χ4n) is 2.88. The number of nitrogens with zero attached hydrogens (tertiary/aromatic N) is 1. The molecule has 4 amide bonds. The highest BCUT2D eigenvalue weighted by Gasteiger charge is 2.37. The maximum Gasteiger partial charge on any atom is 0.335 e. The van der Waals surface area contributed by atoms with Crippen molar-refractivity contribution in [2.45, 2.75) is 6.92 Å². The van der Waals surface area contributed by atoms with Gasteiger partial charge >= 0.3 is 6.03 Å². The first kappa shape index (κ1) is 19.9. The number of methoxy groups -OCH3 is 1. The van der Waals surface area contributed by atoms with Crippen molar-refractivity contribution in [3.8, 4) is 11.5 Å². The fourth-order valence-corrected chi connectivity index (χ4v) is 2.88. The molecule has 2 aromatic carbocycles. The number of barbiturate groups is 1. The number of hydrogen-bond donors (Lipinski definition) is 1. The van der Waals surface area contributed by atoms with E-state index in [4.69, 9.17) is 9.47 Å². The summed E-state index contributed by atoms with van der Waals surface area (Å²) in [6.07, 6.45) is 2.97. The van der Waals surface area contributed by atoms with Crippen LogP contribution in [0.5, 0.6) is 11.5 Å². The Labute approximate surface area is 168 Å². The summed E-state index contributed by atoms with van der Waals surface area (Å²) in [7, 11) is 1.52. The predicted octanol–water partition coefficient (Wildman–Crippen LogP) is 3.23. The summed E-state index contributed by atoms with van der Waals surface area (Å²) in [5.41, 5.74) is 1.45. The SMILES string of the molecule is C=CCOc1cc(OC)ccc1/C=C1\C(=O)NC(=O)N(c2ccccc2C)C1=O. The molecule has 2 aromatic rings. The van der Waals surface area contributed by atoms with Gasteiger partial charge in [-0.05, 0) is 36.8 Å². The number of rotatable bonds is 6. The van der Waals surface area contributed by atoms with Gasteiger partial charge in [0.15, 0.2) is 0 Å². The Kier molecular flexibility index (Phi) is 5.78. The first-order valence-corrected chi connectivity index (χ1v) is 8.85. The predicted molar refractivity (Wildman–Crippen MR) is 109 cm³/mol. The minimum absolute atomic E-state index is 0.179. The third-order valence-corrected chi connectivity index (χ3v) is 4.34. The molecule has 1 aliphatic rings. The second-order valence-corrected chi connectivity index (χ2v) is 6.25. The van der Waals surface area contributed by atoms with E-state index in [9.17, 15) is 14.4 Å². The third-order valence-electron chi connectivity index (χ3n) is 4.34. The molecule has 0 atom stereocenters. The number of hydrogen-bond acceptors (Lipinski definition) is 5. The molecule has 0 bridgehead atoms. The molecule has 0 radical (unpaired) electrons. The number of benzene rings is 2. The molecule has 3 rings (SSSR count). The average Bonchev–Trinajstić information content (AvgIpc) is 2.71. The molecule has 0 spiro atoms. The zero-order chi connectivity index (χ0) is 21.0. The van der Waals surface area contributed by atoms with Gasteiger partial charge in [-0.2, -0.15) is 0 Å². The highest BCUT2D eigenvalue weighted by molar-refractivity contribution is 6.39. The largest absolute Gasteiger partial charge is 0.497 e. The van der Waals surface area contributed by atoms with Crippen molar-refractivity contribution in [3.63, 3.8) is 0 Å². The lowest BCUT2D eigenvalue weighted by molar-refractivity contribution is -0.122. The molecule has 0 aromatic heterocycles. The smallest absolute Gasteiger partial charge is 0.335 e. The number of carbonyl (C=O) groups excluding carboxylic acids is 3. The summed E-state index contributed by atoms with van der Waals surface area (Å²) in [5.74, 6) is -0.507. The van der Waals surface area contributed by atoms with Crippen LogP contribution in [-0.2, 0) is 9.59 Å². The van der Waals surface area contributed by atoms with Crippen LogP contribution in [0.2, 0.25) is 0 Å². The number of urea groups is 1. The molecule has 7 heteroatoms. The van der Waals surface area contributed by atoms with E-state index in [0.717, 1.165) is 10.5 Å². The molecule has 1 heterocycles. The highest BCUT2D eigenvalue weighted by Crippen LogP contribution is 2.29. The first-order chi connectivity index (χ1) is 14.0. The van der Waals surface area contributed by atoms with E-state index >= 15 is 0 Å². The van der Waals surface area contributed by atoms with Gasteiger partial charge in [-0.1, -0.05) is 30.9 Å². The molecule has 1 aliphatic heterocycles. The fraction of sp³-hybridized carbons (Fsp3) is 0.136. The second-order valence-electron chi connectivity index (χ2n) is 6.25. The molecule has 1 fully saturated rings. The number of nitrogens with one attached hydrogen (secondary N) is 1. The Morgan fingerprint density at radius 2 is 1.90 bits per heavy atom. The maximum absolute atomic E-state index is 13.0. The number of carbonyl (C=O) groups is 3. The van der Waals surface area contributed by atoms with E-state index in [-0.39, 0.29) is 12.2 Å². The molecule has 1 N–H and O–H groups in total. The first-order valence-electron chi connectivity index (χ1n) is 8.85. The van der Waals surface area contributed by atoms with Crippen molar-refractivity contribution >= 4 is 29.6 Å². The normalized spacial score (nSPS) is 15.3. The average molecular weight is 392 g/mol. The lowest BCUT2D eigenvalue weighted by Crippen LogP contribution is -2.54. The van der Waals surface area contributed by atoms with Gasteiger partial charge in [0.1, 0.15) is 23.7 Å². The van der Waals surface area contributed by atoms with Crippen molar-refractivity contribution in [1.82, 2.24) is 5.32 Å². The van der Waals surface area contributed by atoms with Crippen molar-refractivity contribution in [1.29, 1.82) is 0 Å². The molecular formula is C22H20N2O5. The quantitative estimate of drug-likeness (QED) is 0.463. The van der Waals surface area contributed by atoms with Crippen molar-refractivity contribution in [2.24, 2.45) is 0 Å². The topological polar surface area (TPSA) is 84.9 Å². The lowest BCUT2D eigenvalue weighted by atomic mass is 10.0. The van der Waals surface area contributed by atoms with Crippen molar-refractivity contribution < 1.29 is 23.9 Å². The Balaban J connectivity index is 2.05. The molecule has 0 saturated carbocycles. The number of amides is 4. The van der Waals surface area contributed by atoms with Gasteiger partial charge in [0.05, 0.1) is 12.8 Å². The summed E-state index contributed by atoms with van der Waals surface area (Å²) in [5, 5.41) is 2.22. The van der Waals surface area contributed by atoms with Crippen LogP contribution in [0.1, 0.15) is 11.1 Å². The van der Waals surface area contributed by atoms with Crippen LogP contribution in [0.3, 0.4) is 0 Å². The standard InChI is InChI=1S/C22H20N2O5/c1-4-11-29-19-13-16(28-3)10-9-15(19)12-17-20(25)23-22(27)24(21(17)26)18-8-6-5-7-14(18)2/h4-10,12-13H,1,11H2,2-3H3,(H,23,25,27)/b17-12+. The number of para-hydroxylation sites is 1. The van der Waals surface area contributed by atoms with Crippen LogP contribution in [0, 0.1) is 6.92 Å². The van der Waals surface area contributed by atoms with E-state index in [0.29, 0.717) is 22.7 Å².